The maximum Gasteiger partial charge on any atom is 0.341 e. The van der Waals surface area contributed by atoms with Crippen LogP contribution in [0.2, 0.25) is 15.1 Å². The summed E-state index contributed by atoms with van der Waals surface area (Å²) in [4.78, 5) is 11.7. The third-order valence-electron chi connectivity index (χ3n) is 2.75. The Balaban J connectivity index is 2.21. The van der Waals surface area contributed by atoms with Gasteiger partial charge in [-0.15, -0.1) is 0 Å². The van der Waals surface area contributed by atoms with E-state index in [4.69, 9.17) is 44.3 Å². The van der Waals surface area contributed by atoms with E-state index >= 15 is 0 Å². The van der Waals surface area contributed by atoms with E-state index in [9.17, 15) is 4.79 Å². The molecule has 0 heterocycles. The molecule has 2 rings (SSSR count). The first-order valence-electron chi connectivity index (χ1n) is 5.96. The average molecular weight is 346 g/mol. The molecule has 0 unspecified atom stereocenters. The third-order valence-corrected chi connectivity index (χ3v) is 3.57. The number of carbonyl (C=O) groups excluding carboxylic acids is 1. The molecule has 0 bridgehead atoms. The Bertz CT molecular complexity index is 671. The Morgan fingerprint density at radius 2 is 1.71 bits per heavy atom. The van der Waals surface area contributed by atoms with Crippen LogP contribution in [0.15, 0.2) is 36.4 Å². The SMILES string of the molecule is COC(=O)c1cc(Cl)ccc1OCc1ccc(Cl)cc1Cl. The summed E-state index contributed by atoms with van der Waals surface area (Å²) in [6.07, 6.45) is 0. The van der Waals surface area contributed by atoms with Crippen LogP contribution in [0.25, 0.3) is 0 Å². The minimum absolute atomic E-state index is 0.196. The number of ether oxygens (including phenoxy) is 2. The zero-order chi connectivity index (χ0) is 15.4. The van der Waals surface area contributed by atoms with Gasteiger partial charge in [-0.05, 0) is 30.3 Å². The van der Waals surface area contributed by atoms with Crippen molar-refractivity contribution in [2.24, 2.45) is 0 Å². The van der Waals surface area contributed by atoms with Gasteiger partial charge in [0, 0.05) is 20.6 Å². The largest absolute Gasteiger partial charge is 0.488 e. The van der Waals surface area contributed by atoms with Crippen LogP contribution in [-0.2, 0) is 11.3 Å². The minimum atomic E-state index is -0.519. The monoisotopic (exact) mass is 344 g/mol. The lowest BCUT2D eigenvalue weighted by molar-refractivity contribution is 0.0595. The number of benzene rings is 2. The summed E-state index contributed by atoms with van der Waals surface area (Å²) in [6, 6.07) is 9.84. The molecule has 110 valence electrons. The van der Waals surface area contributed by atoms with Crippen molar-refractivity contribution in [1.29, 1.82) is 0 Å². The molecule has 0 aliphatic carbocycles. The zero-order valence-electron chi connectivity index (χ0n) is 11.0. The van der Waals surface area contributed by atoms with Crippen LogP contribution >= 0.6 is 34.8 Å². The van der Waals surface area contributed by atoms with Gasteiger partial charge in [0.05, 0.1) is 7.11 Å². The topological polar surface area (TPSA) is 35.5 Å². The van der Waals surface area contributed by atoms with E-state index in [1.54, 1.807) is 30.3 Å². The highest BCUT2D eigenvalue weighted by Gasteiger charge is 2.14. The Labute approximate surface area is 137 Å². The van der Waals surface area contributed by atoms with Crippen molar-refractivity contribution < 1.29 is 14.3 Å². The van der Waals surface area contributed by atoms with E-state index < -0.39 is 5.97 Å². The Morgan fingerprint density at radius 1 is 1.05 bits per heavy atom. The maximum atomic E-state index is 11.7. The second-order valence-electron chi connectivity index (χ2n) is 4.16. The van der Waals surface area contributed by atoms with Crippen molar-refractivity contribution in [3.05, 3.63) is 62.6 Å². The van der Waals surface area contributed by atoms with Crippen molar-refractivity contribution in [1.82, 2.24) is 0 Å². The van der Waals surface area contributed by atoms with Gasteiger partial charge in [0.1, 0.15) is 17.9 Å². The van der Waals surface area contributed by atoms with Gasteiger partial charge in [-0.2, -0.15) is 0 Å². The number of carbonyl (C=O) groups is 1. The van der Waals surface area contributed by atoms with E-state index in [0.717, 1.165) is 5.56 Å². The fraction of sp³-hybridized carbons (Fsp3) is 0.133. The molecule has 0 radical (unpaired) electrons. The second kappa shape index (κ2) is 7.03. The lowest BCUT2D eigenvalue weighted by atomic mass is 10.2. The molecule has 0 N–H and O–H groups in total. The predicted molar refractivity (Wildman–Crippen MR) is 83.6 cm³/mol. The van der Waals surface area contributed by atoms with Crippen LogP contribution in [0.5, 0.6) is 5.75 Å². The number of esters is 1. The number of halogens is 3. The van der Waals surface area contributed by atoms with Gasteiger partial charge in [0.25, 0.3) is 0 Å². The van der Waals surface area contributed by atoms with Gasteiger partial charge in [-0.3, -0.25) is 0 Å². The van der Waals surface area contributed by atoms with Gasteiger partial charge >= 0.3 is 5.97 Å². The van der Waals surface area contributed by atoms with Crippen LogP contribution in [0.4, 0.5) is 0 Å². The fourth-order valence-electron chi connectivity index (χ4n) is 1.69. The highest BCUT2D eigenvalue weighted by atomic mass is 35.5. The second-order valence-corrected chi connectivity index (χ2v) is 5.44. The molecule has 2 aromatic carbocycles. The Hall–Kier alpha value is -1.42. The summed E-state index contributed by atoms with van der Waals surface area (Å²) in [7, 11) is 1.29. The minimum Gasteiger partial charge on any atom is -0.488 e. The number of hydrogen-bond acceptors (Lipinski definition) is 3. The lowest BCUT2D eigenvalue weighted by Crippen LogP contribution is -2.06. The van der Waals surface area contributed by atoms with Crippen LogP contribution in [-0.4, -0.2) is 13.1 Å². The molecule has 0 aliphatic heterocycles. The summed E-state index contributed by atoms with van der Waals surface area (Å²) in [5.41, 5.74) is 1.02. The molecular formula is C15H11Cl3O3. The van der Waals surface area contributed by atoms with Gasteiger partial charge in [-0.1, -0.05) is 40.9 Å². The molecule has 2 aromatic rings. The van der Waals surface area contributed by atoms with Crippen molar-refractivity contribution in [3.63, 3.8) is 0 Å². The highest BCUT2D eigenvalue weighted by Crippen LogP contribution is 2.26. The number of rotatable bonds is 4. The summed E-state index contributed by atoms with van der Waals surface area (Å²) < 4.78 is 10.3. The summed E-state index contributed by atoms with van der Waals surface area (Å²) in [6.45, 7) is 0.196. The first-order chi connectivity index (χ1) is 10.0. The van der Waals surface area contributed by atoms with Crippen molar-refractivity contribution in [2.75, 3.05) is 7.11 Å². The molecule has 21 heavy (non-hydrogen) atoms. The van der Waals surface area contributed by atoms with Crippen LogP contribution in [0.1, 0.15) is 15.9 Å². The smallest absolute Gasteiger partial charge is 0.341 e. The molecule has 0 fully saturated rings. The molecule has 0 spiro atoms. The summed E-state index contributed by atoms with van der Waals surface area (Å²) in [5, 5.41) is 1.47. The van der Waals surface area contributed by atoms with Crippen LogP contribution in [0.3, 0.4) is 0 Å². The maximum absolute atomic E-state index is 11.7. The quantitative estimate of drug-likeness (QED) is 0.730. The lowest BCUT2D eigenvalue weighted by Gasteiger charge is -2.11. The van der Waals surface area contributed by atoms with E-state index in [1.165, 1.54) is 13.2 Å². The zero-order valence-corrected chi connectivity index (χ0v) is 13.3. The van der Waals surface area contributed by atoms with E-state index in [0.29, 0.717) is 20.8 Å². The number of hydrogen-bond donors (Lipinski definition) is 0. The van der Waals surface area contributed by atoms with Crippen LogP contribution in [0, 0.1) is 0 Å². The average Bonchev–Trinajstić information content (AvgIpc) is 2.46. The summed E-state index contributed by atoms with van der Waals surface area (Å²) >= 11 is 17.8. The standard InChI is InChI=1S/C15H11Cl3O3/c1-20-15(19)12-6-10(16)4-5-14(12)21-8-9-2-3-11(17)7-13(9)18/h2-7H,8H2,1H3. The molecule has 3 nitrogen and oxygen atoms in total. The van der Waals surface area contributed by atoms with Crippen LogP contribution < -0.4 is 4.74 Å². The molecule has 0 saturated heterocycles. The van der Waals surface area contributed by atoms with Crippen molar-refractivity contribution in [2.45, 2.75) is 6.61 Å². The normalized spacial score (nSPS) is 10.3. The van der Waals surface area contributed by atoms with E-state index in [1.807, 2.05) is 0 Å². The molecule has 6 heteroatoms. The van der Waals surface area contributed by atoms with Crippen molar-refractivity contribution >= 4 is 40.8 Å². The predicted octanol–water partition coefficient (Wildman–Crippen LogP) is 5.01. The van der Waals surface area contributed by atoms with Gasteiger partial charge in [-0.25, -0.2) is 4.79 Å². The van der Waals surface area contributed by atoms with E-state index in [2.05, 4.69) is 0 Å². The molecule has 0 atom stereocenters. The first kappa shape index (κ1) is 16.0. The van der Waals surface area contributed by atoms with Gasteiger partial charge in [0.2, 0.25) is 0 Å². The Morgan fingerprint density at radius 3 is 2.38 bits per heavy atom. The van der Waals surface area contributed by atoms with Gasteiger partial charge in [0.15, 0.2) is 0 Å². The Kier molecular flexibility index (Phi) is 5.34. The van der Waals surface area contributed by atoms with Crippen molar-refractivity contribution in [3.8, 4) is 5.75 Å². The van der Waals surface area contributed by atoms with E-state index in [-0.39, 0.29) is 12.2 Å². The molecular weight excluding hydrogens is 335 g/mol. The number of methoxy groups -OCH3 is 1. The molecule has 0 aromatic heterocycles. The highest BCUT2D eigenvalue weighted by molar-refractivity contribution is 6.35. The fourth-order valence-corrected chi connectivity index (χ4v) is 2.33. The first-order valence-corrected chi connectivity index (χ1v) is 7.09. The van der Waals surface area contributed by atoms with Gasteiger partial charge < -0.3 is 9.47 Å². The molecule has 0 amide bonds. The molecule has 0 saturated carbocycles. The summed E-state index contributed by atoms with van der Waals surface area (Å²) in [5.74, 6) is -0.146. The molecule has 0 aliphatic rings. The third kappa shape index (κ3) is 4.03.